The zero-order valence-electron chi connectivity index (χ0n) is 15.1. The number of β-amino-alcohol motifs (C(OH)–C–C–N with tert-alkyl or cyclic N) is 1. The molecule has 1 fully saturated rings. The highest BCUT2D eigenvalue weighted by Gasteiger charge is 2.23. The highest BCUT2D eigenvalue weighted by molar-refractivity contribution is 5.79. The van der Waals surface area contributed by atoms with Gasteiger partial charge in [0.2, 0.25) is 5.91 Å². The first kappa shape index (κ1) is 18.7. The summed E-state index contributed by atoms with van der Waals surface area (Å²) in [4.78, 5) is 16.7. The molecule has 1 atom stereocenters. The van der Waals surface area contributed by atoms with Gasteiger partial charge in [-0.25, -0.2) is 0 Å². The van der Waals surface area contributed by atoms with Crippen LogP contribution in [-0.4, -0.2) is 65.7 Å². The molecule has 134 valence electrons. The molecule has 1 aliphatic heterocycles. The number of hydrogen-bond donors (Lipinski definition) is 1. The maximum atomic E-state index is 12.6. The van der Waals surface area contributed by atoms with E-state index in [0.29, 0.717) is 13.0 Å². The van der Waals surface area contributed by atoms with E-state index in [1.807, 2.05) is 49.9 Å². The number of carbonyl (C=O) groups is 1. The highest BCUT2D eigenvalue weighted by atomic mass is 16.5. The number of benzene rings is 1. The van der Waals surface area contributed by atoms with Crippen molar-refractivity contribution in [3.05, 3.63) is 29.8 Å². The third-order valence-corrected chi connectivity index (χ3v) is 4.34. The molecule has 1 unspecified atom stereocenters. The Morgan fingerprint density at radius 2 is 1.88 bits per heavy atom. The van der Waals surface area contributed by atoms with Crippen LogP contribution < -0.4 is 4.74 Å². The van der Waals surface area contributed by atoms with Gasteiger partial charge in [0.15, 0.2) is 0 Å². The Morgan fingerprint density at radius 1 is 1.21 bits per heavy atom. The molecule has 1 aromatic carbocycles. The van der Waals surface area contributed by atoms with E-state index >= 15 is 0 Å². The average Bonchev–Trinajstić information content (AvgIpc) is 2.56. The first-order valence-corrected chi connectivity index (χ1v) is 8.92. The molecule has 0 saturated carbocycles. The van der Waals surface area contributed by atoms with Crippen LogP contribution >= 0.6 is 0 Å². The van der Waals surface area contributed by atoms with Gasteiger partial charge in [0.1, 0.15) is 5.75 Å². The lowest BCUT2D eigenvalue weighted by Crippen LogP contribution is -2.50. The molecule has 0 spiro atoms. The Hall–Kier alpha value is -1.59. The number of nitrogens with zero attached hydrogens (tertiary/aromatic N) is 2. The van der Waals surface area contributed by atoms with Crippen molar-refractivity contribution in [3.8, 4) is 5.75 Å². The van der Waals surface area contributed by atoms with Crippen LogP contribution in [0.4, 0.5) is 0 Å². The van der Waals surface area contributed by atoms with Gasteiger partial charge < -0.3 is 14.7 Å². The monoisotopic (exact) mass is 334 g/mol. The fourth-order valence-electron chi connectivity index (χ4n) is 2.90. The van der Waals surface area contributed by atoms with Gasteiger partial charge in [-0.1, -0.05) is 25.1 Å². The number of aliphatic hydroxyl groups is 1. The number of hydrogen-bond acceptors (Lipinski definition) is 4. The van der Waals surface area contributed by atoms with Crippen LogP contribution in [0.2, 0.25) is 0 Å². The SMILES string of the molecule is CCC(O)CN1CCN(C(=O)Cc2ccccc2OC(C)C)CC1. The minimum absolute atomic E-state index is 0.0924. The number of ether oxygens (including phenoxy) is 1. The van der Waals surface area contributed by atoms with Gasteiger partial charge in [-0.15, -0.1) is 0 Å². The lowest BCUT2D eigenvalue weighted by atomic mass is 10.1. The van der Waals surface area contributed by atoms with Crippen molar-refractivity contribution in [2.45, 2.75) is 45.8 Å². The molecule has 1 N–H and O–H groups in total. The van der Waals surface area contributed by atoms with Crippen molar-refractivity contribution >= 4 is 5.91 Å². The molecule has 1 saturated heterocycles. The molecule has 1 aromatic rings. The van der Waals surface area contributed by atoms with Gasteiger partial charge in [0, 0.05) is 38.3 Å². The van der Waals surface area contributed by atoms with Crippen LogP contribution in [0.3, 0.4) is 0 Å². The van der Waals surface area contributed by atoms with Crippen molar-refractivity contribution in [1.82, 2.24) is 9.80 Å². The van der Waals surface area contributed by atoms with Gasteiger partial charge in [-0.05, 0) is 26.3 Å². The molecule has 5 nitrogen and oxygen atoms in total. The third-order valence-electron chi connectivity index (χ3n) is 4.34. The summed E-state index contributed by atoms with van der Waals surface area (Å²) in [5, 5.41) is 9.75. The van der Waals surface area contributed by atoms with Crippen molar-refractivity contribution in [2.75, 3.05) is 32.7 Å². The Kier molecular flexibility index (Phi) is 7.06. The Balaban J connectivity index is 1.88. The summed E-state index contributed by atoms with van der Waals surface area (Å²) >= 11 is 0. The summed E-state index contributed by atoms with van der Waals surface area (Å²) in [6.07, 6.45) is 0.966. The van der Waals surface area contributed by atoms with E-state index in [9.17, 15) is 9.90 Å². The topological polar surface area (TPSA) is 53.0 Å². The molecule has 0 aliphatic carbocycles. The van der Waals surface area contributed by atoms with E-state index in [2.05, 4.69) is 4.90 Å². The van der Waals surface area contributed by atoms with E-state index in [4.69, 9.17) is 4.74 Å². The molecular formula is C19H30N2O3. The second-order valence-electron chi connectivity index (χ2n) is 6.69. The van der Waals surface area contributed by atoms with Gasteiger partial charge in [-0.2, -0.15) is 0 Å². The van der Waals surface area contributed by atoms with Crippen LogP contribution in [0.5, 0.6) is 5.75 Å². The average molecular weight is 334 g/mol. The molecule has 1 aliphatic rings. The Bertz CT molecular complexity index is 525. The number of aliphatic hydroxyl groups excluding tert-OH is 1. The van der Waals surface area contributed by atoms with Crippen LogP contribution in [0, 0.1) is 0 Å². The first-order chi connectivity index (χ1) is 11.5. The molecule has 24 heavy (non-hydrogen) atoms. The zero-order chi connectivity index (χ0) is 17.5. The lowest BCUT2D eigenvalue weighted by molar-refractivity contribution is -0.132. The van der Waals surface area contributed by atoms with E-state index in [0.717, 1.165) is 43.9 Å². The summed E-state index contributed by atoms with van der Waals surface area (Å²) in [5.74, 6) is 0.941. The van der Waals surface area contributed by atoms with E-state index in [-0.39, 0.29) is 18.1 Å². The minimum Gasteiger partial charge on any atom is -0.491 e. The molecule has 2 rings (SSSR count). The van der Waals surface area contributed by atoms with E-state index in [1.54, 1.807) is 0 Å². The van der Waals surface area contributed by atoms with Crippen LogP contribution in [-0.2, 0) is 11.2 Å². The smallest absolute Gasteiger partial charge is 0.227 e. The van der Waals surface area contributed by atoms with E-state index in [1.165, 1.54) is 0 Å². The van der Waals surface area contributed by atoms with Crippen molar-refractivity contribution < 1.29 is 14.6 Å². The van der Waals surface area contributed by atoms with Gasteiger partial charge >= 0.3 is 0 Å². The summed E-state index contributed by atoms with van der Waals surface area (Å²) < 4.78 is 5.80. The second-order valence-corrected chi connectivity index (χ2v) is 6.69. The fraction of sp³-hybridized carbons (Fsp3) is 0.632. The van der Waals surface area contributed by atoms with Crippen molar-refractivity contribution in [1.29, 1.82) is 0 Å². The van der Waals surface area contributed by atoms with Crippen LogP contribution in [0.15, 0.2) is 24.3 Å². The van der Waals surface area contributed by atoms with Crippen LogP contribution in [0.1, 0.15) is 32.8 Å². The Morgan fingerprint density at radius 3 is 2.50 bits per heavy atom. The maximum absolute atomic E-state index is 12.6. The summed E-state index contributed by atoms with van der Waals surface area (Å²) in [6.45, 7) is 9.76. The molecule has 1 amide bonds. The number of piperazine rings is 1. The van der Waals surface area contributed by atoms with Crippen LogP contribution in [0.25, 0.3) is 0 Å². The third kappa shape index (κ3) is 5.49. The predicted octanol–water partition coefficient (Wildman–Crippen LogP) is 1.93. The van der Waals surface area contributed by atoms with Crippen molar-refractivity contribution in [3.63, 3.8) is 0 Å². The van der Waals surface area contributed by atoms with Crippen molar-refractivity contribution in [2.24, 2.45) is 0 Å². The zero-order valence-corrected chi connectivity index (χ0v) is 15.1. The Labute approximate surface area is 145 Å². The number of carbonyl (C=O) groups excluding carboxylic acids is 1. The molecule has 0 aromatic heterocycles. The molecule has 5 heteroatoms. The summed E-state index contributed by atoms with van der Waals surface area (Å²) in [7, 11) is 0. The summed E-state index contributed by atoms with van der Waals surface area (Å²) in [6, 6.07) is 7.76. The molecule has 1 heterocycles. The maximum Gasteiger partial charge on any atom is 0.227 e. The normalized spacial score (nSPS) is 17.1. The number of rotatable bonds is 7. The lowest BCUT2D eigenvalue weighted by Gasteiger charge is -2.35. The number of para-hydroxylation sites is 1. The first-order valence-electron chi connectivity index (χ1n) is 8.92. The predicted molar refractivity (Wildman–Crippen MR) is 95.2 cm³/mol. The van der Waals surface area contributed by atoms with E-state index < -0.39 is 0 Å². The summed E-state index contributed by atoms with van der Waals surface area (Å²) in [5.41, 5.74) is 0.944. The van der Waals surface area contributed by atoms with Gasteiger partial charge in [0.05, 0.1) is 18.6 Å². The van der Waals surface area contributed by atoms with Gasteiger partial charge in [0.25, 0.3) is 0 Å². The minimum atomic E-state index is -0.271. The quantitative estimate of drug-likeness (QED) is 0.828. The number of amides is 1. The highest BCUT2D eigenvalue weighted by Crippen LogP contribution is 2.21. The largest absolute Gasteiger partial charge is 0.491 e. The second kappa shape index (κ2) is 9.04. The molecule has 0 bridgehead atoms. The molecular weight excluding hydrogens is 304 g/mol. The fourth-order valence-corrected chi connectivity index (χ4v) is 2.90. The standard InChI is InChI=1S/C19H30N2O3/c1-4-17(22)14-20-9-11-21(12-10-20)19(23)13-16-7-5-6-8-18(16)24-15(2)3/h5-8,15,17,22H,4,9-14H2,1-3H3. The van der Waals surface area contributed by atoms with Gasteiger partial charge in [-0.3, -0.25) is 9.69 Å². The molecule has 0 radical (unpaired) electrons.